The molecule has 0 saturated heterocycles. The number of nitrogen functional groups attached to an aromatic ring is 1. The monoisotopic (exact) mass is 233 g/mol. The van der Waals surface area contributed by atoms with Crippen molar-refractivity contribution in [2.75, 3.05) is 5.73 Å². The number of nitrogens with two attached hydrogens (primary N) is 1. The molecular weight excluding hydrogens is 210 g/mol. The Balaban J connectivity index is 1.99. The summed E-state index contributed by atoms with van der Waals surface area (Å²) in [5.41, 5.74) is 7.55. The highest BCUT2D eigenvalue weighted by atomic mass is 15.2. The highest BCUT2D eigenvalue weighted by Crippen LogP contribution is 2.40. The number of nitrogens with zero attached hydrogens (tertiary/aromatic N) is 2. The normalized spacial score (nSPS) is 29.5. The largest absolute Gasteiger partial charge is 0.384 e. The Morgan fingerprint density at radius 1 is 1.24 bits per heavy atom. The van der Waals surface area contributed by atoms with E-state index in [-0.39, 0.29) is 0 Å². The summed E-state index contributed by atoms with van der Waals surface area (Å²) in [6.07, 6.45) is 7.59. The van der Waals surface area contributed by atoms with Crippen molar-refractivity contribution in [1.29, 1.82) is 0 Å². The van der Waals surface area contributed by atoms with Crippen LogP contribution in [-0.4, -0.2) is 9.55 Å². The summed E-state index contributed by atoms with van der Waals surface area (Å²) in [6.45, 7) is 4.59. The van der Waals surface area contributed by atoms with Gasteiger partial charge in [-0.2, -0.15) is 0 Å². The predicted molar refractivity (Wildman–Crippen MR) is 70.0 cm³/mol. The van der Waals surface area contributed by atoms with Gasteiger partial charge < -0.3 is 10.3 Å². The fraction of sp³-hybridized carbons (Fsp3) is 0.786. The lowest BCUT2D eigenvalue weighted by molar-refractivity contribution is 0.346. The van der Waals surface area contributed by atoms with E-state index in [0.29, 0.717) is 12.0 Å². The van der Waals surface area contributed by atoms with Gasteiger partial charge in [0, 0.05) is 18.4 Å². The second-order valence-corrected chi connectivity index (χ2v) is 6.04. The zero-order chi connectivity index (χ0) is 12.0. The maximum absolute atomic E-state index is 6.34. The molecule has 2 N–H and O–H groups in total. The molecule has 2 heterocycles. The molecule has 1 fully saturated rings. The zero-order valence-corrected chi connectivity index (χ0v) is 10.9. The van der Waals surface area contributed by atoms with E-state index < -0.39 is 0 Å². The number of aromatic nitrogens is 2. The minimum Gasteiger partial charge on any atom is -0.384 e. The van der Waals surface area contributed by atoms with E-state index in [9.17, 15) is 0 Å². The SMILES string of the molecule is CC1Cc2nc(C3CCCC3)c(N)n2C(C)C1. The van der Waals surface area contributed by atoms with Gasteiger partial charge >= 0.3 is 0 Å². The fourth-order valence-corrected chi connectivity index (χ4v) is 3.73. The molecule has 3 heteroatoms. The molecule has 1 aliphatic heterocycles. The molecule has 1 aromatic rings. The maximum Gasteiger partial charge on any atom is 0.127 e. The second-order valence-electron chi connectivity index (χ2n) is 6.04. The van der Waals surface area contributed by atoms with E-state index in [1.54, 1.807) is 0 Å². The molecule has 1 aliphatic carbocycles. The Morgan fingerprint density at radius 2 is 1.94 bits per heavy atom. The molecule has 0 spiro atoms. The lowest BCUT2D eigenvalue weighted by Gasteiger charge is -2.27. The average Bonchev–Trinajstić information content (AvgIpc) is 2.85. The molecule has 0 bridgehead atoms. The van der Waals surface area contributed by atoms with Crippen LogP contribution >= 0.6 is 0 Å². The molecule has 3 nitrogen and oxygen atoms in total. The highest BCUT2D eigenvalue weighted by molar-refractivity contribution is 5.42. The molecule has 0 amide bonds. The first kappa shape index (κ1) is 11.1. The molecule has 2 atom stereocenters. The maximum atomic E-state index is 6.34. The van der Waals surface area contributed by atoms with Crippen molar-refractivity contribution in [3.63, 3.8) is 0 Å². The van der Waals surface area contributed by atoms with Crippen molar-refractivity contribution in [3.8, 4) is 0 Å². The minimum absolute atomic E-state index is 0.524. The lowest BCUT2D eigenvalue weighted by Crippen LogP contribution is -2.22. The van der Waals surface area contributed by atoms with Crippen LogP contribution in [-0.2, 0) is 6.42 Å². The Hall–Kier alpha value is -0.990. The molecule has 0 radical (unpaired) electrons. The number of fused-ring (bicyclic) bond motifs is 1. The van der Waals surface area contributed by atoms with Gasteiger partial charge in [-0.25, -0.2) is 4.98 Å². The lowest BCUT2D eigenvalue weighted by atomic mass is 9.95. The van der Waals surface area contributed by atoms with Gasteiger partial charge in [0.25, 0.3) is 0 Å². The van der Waals surface area contributed by atoms with Crippen LogP contribution in [0.4, 0.5) is 5.82 Å². The topological polar surface area (TPSA) is 43.8 Å². The van der Waals surface area contributed by atoms with Crippen LogP contribution < -0.4 is 5.73 Å². The van der Waals surface area contributed by atoms with Gasteiger partial charge in [0.2, 0.25) is 0 Å². The summed E-state index contributed by atoms with van der Waals surface area (Å²) in [7, 11) is 0. The predicted octanol–water partition coefficient (Wildman–Crippen LogP) is 3.27. The summed E-state index contributed by atoms with van der Waals surface area (Å²) in [6, 6.07) is 0.524. The smallest absolute Gasteiger partial charge is 0.127 e. The van der Waals surface area contributed by atoms with Crippen molar-refractivity contribution >= 4 is 5.82 Å². The van der Waals surface area contributed by atoms with Crippen LogP contribution in [0, 0.1) is 5.92 Å². The van der Waals surface area contributed by atoms with Crippen molar-refractivity contribution in [3.05, 3.63) is 11.5 Å². The number of anilines is 1. The molecule has 1 saturated carbocycles. The van der Waals surface area contributed by atoms with Crippen molar-refractivity contribution < 1.29 is 0 Å². The summed E-state index contributed by atoms with van der Waals surface area (Å²) in [5, 5.41) is 0. The highest BCUT2D eigenvalue weighted by Gasteiger charge is 2.30. The number of hydrogen-bond acceptors (Lipinski definition) is 2. The standard InChI is InChI=1S/C14H23N3/c1-9-7-10(2)17-12(8-9)16-13(14(17)15)11-5-3-4-6-11/h9-11H,3-8,15H2,1-2H3. The molecule has 17 heavy (non-hydrogen) atoms. The molecule has 94 valence electrons. The van der Waals surface area contributed by atoms with Gasteiger partial charge in [-0.3, -0.25) is 0 Å². The first-order valence-electron chi connectivity index (χ1n) is 7.03. The Morgan fingerprint density at radius 3 is 2.65 bits per heavy atom. The van der Waals surface area contributed by atoms with E-state index >= 15 is 0 Å². The fourth-order valence-electron chi connectivity index (χ4n) is 3.73. The van der Waals surface area contributed by atoms with E-state index in [2.05, 4.69) is 18.4 Å². The Bertz CT molecular complexity index is 415. The summed E-state index contributed by atoms with van der Waals surface area (Å²) >= 11 is 0. The quantitative estimate of drug-likeness (QED) is 0.809. The van der Waals surface area contributed by atoms with Crippen LogP contribution in [0.15, 0.2) is 0 Å². The summed E-state index contributed by atoms with van der Waals surface area (Å²) in [4.78, 5) is 4.87. The van der Waals surface area contributed by atoms with Crippen molar-refractivity contribution in [2.24, 2.45) is 5.92 Å². The molecule has 2 unspecified atom stereocenters. The van der Waals surface area contributed by atoms with Gasteiger partial charge in [-0.1, -0.05) is 19.8 Å². The average molecular weight is 233 g/mol. The molecule has 0 aromatic carbocycles. The molecule has 1 aromatic heterocycles. The van der Waals surface area contributed by atoms with E-state index in [0.717, 1.165) is 18.2 Å². The Kier molecular flexibility index (Phi) is 2.64. The third kappa shape index (κ3) is 1.76. The van der Waals surface area contributed by atoms with Gasteiger partial charge in [-0.05, 0) is 32.1 Å². The number of hydrogen-bond donors (Lipinski definition) is 1. The second kappa shape index (κ2) is 4.04. The van der Waals surface area contributed by atoms with Gasteiger partial charge in [-0.15, -0.1) is 0 Å². The van der Waals surface area contributed by atoms with Gasteiger partial charge in [0.1, 0.15) is 11.6 Å². The van der Waals surface area contributed by atoms with Crippen LogP contribution in [0.3, 0.4) is 0 Å². The number of rotatable bonds is 1. The Labute approximate surface area is 103 Å². The van der Waals surface area contributed by atoms with E-state index in [4.69, 9.17) is 10.7 Å². The van der Waals surface area contributed by atoms with Crippen LogP contribution in [0.1, 0.15) is 69.4 Å². The van der Waals surface area contributed by atoms with E-state index in [1.165, 1.54) is 43.6 Å². The van der Waals surface area contributed by atoms with Gasteiger partial charge in [0.15, 0.2) is 0 Å². The first-order valence-corrected chi connectivity index (χ1v) is 7.03. The van der Waals surface area contributed by atoms with E-state index in [1.807, 2.05) is 0 Å². The number of imidazole rings is 1. The van der Waals surface area contributed by atoms with Crippen LogP contribution in [0.5, 0.6) is 0 Å². The van der Waals surface area contributed by atoms with Crippen LogP contribution in [0.25, 0.3) is 0 Å². The van der Waals surface area contributed by atoms with Crippen LogP contribution in [0.2, 0.25) is 0 Å². The van der Waals surface area contributed by atoms with Crippen molar-refractivity contribution in [1.82, 2.24) is 9.55 Å². The molecule has 2 aliphatic rings. The van der Waals surface area contributed by atoms with Crippen molar-refractivity contribution in [2.45, 2.75) is 64.3 Å². The third-order valence-corrected chi connectivity index (χ3v) is 4.51. The zero-order valence-electron chi connectivity index (χ0n) is 10.9. The molecule has 3 rings (SSSR count). The first-order chi connectivity index (χ1) is 8.16. The van der Waals surface area contributed by atoms with Gasteiger partial charge in [0.05, 0.1) is 5.69 Å². The summed E-state index contributed by atoms with van der Waals surface area (Å²) < 4.78 is 2.30. The summed E-state index contributed by atoms with van der Waals surface area (Å²) in [5.74, 6) is 3.58. The third-order valence-electron chi connectivity index (χ3n) is 4.51. The molecular formula is C14H23N3. The minimum atomic E-state index is 0.524.